The minimum Gasteiger partial charge on any atom is -0.324 e. The smallest absolute Gasteiger partial charge is 0.324 e. The van der Waals surface area contributed by atoms with Crippen molar-refractivity contribution >= 4 is 30.9 Å². The SMILES string of the molecule is CSC(CC(=O)C(C)=O)P(=O)(O)O. The second-order valence-corrected chi connectivity index (χ2v) is 5.65. The molecule has 0 aliphatic heterocycles. The summed E-state index contributed by atoms with van der Waals surface area (Å²) in [7, 11) is -4.28. The van der Waals surface area contributed by atoms with Crippen LogP contribution >= 0.6 is 19.4 Å². The Morgan fingerprint density at radius 2 is 1.92 bits per heavy atom. The van der Waals surface area contributed by atoms with Gasteiger partial charge >= 0.3 is 7.60 Å². The van der Waals surface area contributed by atoms with E-state index in [9.17, 15) is 14.2 Å². The zero-order valence-corrected chi connectivity index (χ0v) is 8.97. The van der Waals surface area contributed by atoms with Crippen LogP contribution in [0.25, 0.3) is 0 Å². The van der Waals surface area contributed by atoms with Crippen molar-refractivity contribution in [3.8, 4) is 0 Å². The van der Waals surface area contributed by atoms with Crippen LogP contribution < -0.4 is 0 Å². The number of carbonyl (C=O) groups excluding carboxylic acids is 2. The standard InChI is InChI=1S/C6H11O5PS/c1-4(7)5(8)3-6(13-2)12(9,10)11/h6H,3H2,1-2H3,(H2,9,10,11). The molecular formula is C6H11O5PS. The van der Waals surface area contributed by atoms with Gasteiger partial charge in [-0.3, -0.25) is 14.2 Å². The molecule has 0 rings (SSSR count). The fourth-order valence-corrected chi connectivity index (χ4v) is 2.46. The van der Waals surface area contributed by atoms with Crippen molar-refractivity contribution in [3.05, 3.63) is 0 Å². The normalized spacial score (nSPS) is 13.8. The lowest BCUT2D eigenvalue weighted by atomic mass is 10.2. The Balaban J connectivity index is 4.40. The van der Waals surface area contributed by atoms with Gasteiger partial charge in [-0.25, -0.2) is 0 Å². The first kappa shape index (κ1) is 12.8. The van der Waals surface area contributed by atoms with Gasteiger partial charge < -0.3 is 9.79 Å². The molecule has 0 aliphatic carbocycles. The van der Waals surface area contributed by atoms with Crippen LogP contribution in [-0.4, -0.2) is 32.6 Å². The lowest BCUT2D eigenvalue weighted by Crippen LogP contribution is -2.16. The molecule has 0 fully saturated rings. The Hall–Kier alpha value is -0.160. The molecule has 2 N–H and O–H groups in total. The number of carbonyl (C=O) groups is 2. The molecule has 0 saturated heterocycles. The average Bonchev–Trinajstić information content (AvgIpc) is 1.96. The molecule has 0 saturated carbocycles. The number of Topliss-reactive ketones (excluding diaryl/α,β-unsaturated/α-hetero) is 2. The summed E-state index contributed by atoms with van der Waals surface area (Å²) >= 11 is 0.886. The van der Waals surface area contributed by atoms with Gasteiger partial charge in [0.05, 0.1) is 0 Å². The Bertz CT molecular complexity index is 258. The molecule has 0 radical (unpaired) electrons. The molecule has 0 aromatic carbocycles. The largest absolute Gasteiger partial charge is 0.338 e. The summed E-state index contributed by atoms with van der Waals surface area (Å²) in [5.41, 5.74) is 0. The summed E-state index contributed by atoms with van der Waals surface area (Å²) in [4.78, 5) is 37.7. The molecule has 0 spiro atoms. The van der Waals surface area contributed by atoms with Gasteiger partial charge in [0.25, 0.3) is 0 Å². The third kappa shape index (κ3) is 4.57. The van der Waals surface area contributed by atoms with Crippen molar-refractivity contribution in [3.63, 3.8) is 0 Å². The van der Waals surface area contributed by atoms with E-state index in [0.717, 1.165) is 18.7 Å². The van der Waals surface area contributed by atoms with Crippen molar-refractivity contribution in [2.75, 3.05) is 6.26 Å². The van der Waals surface area contributed by atoms with Crippen LogP contribution in [0.15, 0.2) is 0 Å². The molecule has 7 heteroatoms. The molecule has 0 heterocycles. The lowest BCUT2D eigenvalue weighted by molar-refractivity contribution is -0.135. The van der Waals surface area contributed by atoms with Crippen LogP contribution in [0.3, 0.4) is 0 Å². The summed E-state index contributed by atoms with van der Waals surface area (Å²) < 4.78 is 10.7. The minimum absolute atomic E-state index is 0.402. The molecule has 0 amide bonds. The number of rotatable bonds is 5. The maximum absolute atomic E-state index is 10.9. The van der Waals surface area contributed by atoms with E-state index < -0.39 is 30.6 Å². The van der Waals surface area contributed by atoms with Gasteiger partial charge in [0.1, 0.15) is 4.99 Å². The lowest BCUT2D eigenvalue weighted by Gasteiger charge is -2.13. The highest BCUT2D eigenvalue weighted by molar-refractivity contribution is 8.04. The fourth-order valence-electron chi connectivity index (χ4n) is 0.642. The van der Waals surface area contributed by atoms with Gasteiger partial charge in [-0.1, -0.05) is 0 Å². The van der Waals surface area contributed by atoms with Crippen molar-refractivity contribution in [1.29, 1.82) is 0 Å². The Morgan fingerprint density at radius 3 is 2.15 bits per heavy atom. The molecule has 1 atom stereocenters. The van der Waals surface area contributed by atoms with E-state index in [4.69, 9.17) is 9.79 Å². The van der Waals surface area contributed by atoms with Crippen molar-refractivity contribution < 1.29 is 23.9 Å². The van der Waals surface area contributed by atoms with E-state index in [2.05, 4.69) is 0 Å². The molecule has 76 valence electrons. The molecule has 0 bridgehead atoms. The third-order valence-corrected chi connectivity index (χ3v) is 4.50. The summed E-state index contributed by atoms with van der Waals surface area (Å²) in [6, 6.07) is 0. The van der Waals surface area contributed by atoms with E-state index in [-0.39, 0.29) is 0 Å². The minimum atomic E-state index is -4.28. The van der Waals surface area contributed by atoms with Gasteiger partial charge in [0, 0.05) is 13.3 Å². The monoisotopic (exact) mass is 226 g/mol. The summed E-state index contributed by atoms with van der Waals surface area (Å²) in [5.74, 6) is -1.42. The van der Waals surface area contributed by atoms with Gasteiger partial charge in [0.15, 0.2) is 11.6 Å². The van der Waals surface area contributed by atoms with E-state index in [1.165, 1.54) is 6.26 Å². The maximum atomic E-state index is 10.9. The van der Waals surface area contributed by atoms with E-state index in [1.54, 1.807) is 0 Å². The summed E-state index contributed by atoms with van der Waals surface area (Å²) in [6.07, 6.45) is 1.08. The van der Waals surface area contributed by atoms with Crippen LogP contribution in [-0.2, 0) is 14.2 Å². The third-order valence-electron chi connectivity index (χ3n) is 1.40. The zero-order valence-electron chi connectivity index (χ0n) is 7.26. The highest BCUT2D eigenvalue weighted by atomic mass is 32.2. The van der Waals surface area contributed by atoms with E-state index in [0.29, 0.717) is 0 Å². The van der Waals surface area contributed by atoms with Crippen molar-refractivity contribution in [2.45, 2.75) is 18.3 Å². The van der Waals surface area contributed by atoms with Gasteiger partial charge in [-0.2, -0.15) is 0 Å². The van der Waals surface area contributed by atoms with E-state index in [1.807, 2.05) is 0 Å². The fraction of sp³-hybridized carbons (Fsp3) is 0.667. The Kier molecular flexibility index (Phi) is 4.85. The molecule has 0 aliphatic rings. The first-order valence-corrected chi connectivity index (χ1v) is 6.37. The first-order valence-electron chi connectivity index (χ1n) is 3.40. The molecular weight excluding hydrogens is 215 g/mol. The number of hydrogen-bond donors (Lipinski definition) is 2. The van der Waals surface area contributed by atoms with Crippen LogP contribution in [0, 0.1) is 0 Å². The first-order chi connectivity index (χ1) is 5.79. The topological polar surface area (TPSA) is 91.7 Å². The van der Waals surface area contributed by atoms with Gasteiger partial charge in [-0.15, -0.1) is 11.8 Å². The van der Waals surface area contributed by atoms with Gasteiger partial charge in [-0.05, 0) is 6.26 Å². The number of ketones is 2. The van der Waals surface area contributed by atoms with Crippen molar-refractivity contribution in [1.82, 2.24) is 0 Å². The quantitative estimate of drug-likeness (QED) is 0.520. The van der Waals surface area contributed by atoms with Crippen LogP contribution in [0.2, 0.25) is 0 Å². The zero-order chi connectivity index (χ0) is 10.6. The predicted octanol–water partition coefficient (Wildman–Crippen LogP) is 0.401. The predicted molar refractivity (Wildman–Crippen MR) is 49.7 cm³/mol. The molecule has 1 unspecified atom stereocenters. The van der Waals surface area contributed by atoms with Gasteiger partial charge in [0.2, 0.25) is 0 Å². The summed E-state index contributed by atoms with van der Waals surface area (Å²) in [5, 5.41) is 0. The highest BCUT2D eigenvalue weighted by Gasteiger charge is 2.30. The molecule has 5 nitrogen and oxygen atoms in total. The Labute approximate surface area is 80.1 Å². The number of hydrogen-bond acceptors (Lipinski definition) is 4. The van der Waals surface area contributed by atoms with Crippen LogP contribution in [0.1, 0.15) is 13.3 Å². The highest BCUT2D eigenvalue weighted by Crippen LogP contribution is 2.48. The second-order valence-electron chi connectivity index (χ2n) is 2.46. The van der Waals surface area contributed by atoms with Crippen LogP contribution in [0.5, 0.6) is 0 Å². The Morgan fingerprint density at radius 1 is 1.46 bits per heavy atom. The summed E-state index contributed by atoms with van der Waals surface area (Å²) in [6.45, 7) is 1.08. The van der Waals surface area contributed by atoms with Crippen LogP contribution in [0.4, 0.5) is 0 Å². The average molecular weight is 226 g/mol. The molecule has 13 heavy (non-hydrogen) atoms. The number of thioether (sulfide) groups is 1. The second kappa shape index (κ2) is 4.91. The van der Waals surface area contributed by atoms with E-state index >= 15 is 0 Å². The molecule has 0 aromatic heterocycles. The van der Waals surface area contributed by atoms with Crippen molar-refractivity contribution in [2.24, 2.45) is 0 Å². The molecule has 0 aromatic rings. The maximum Gasteiger partial charge on any atom is 0.338 e.